The molecule has 0 radical (unpaired) electrons. The summed E-state index contributed by atoms with van der Waals surface area (Å²) >= 11 is 0. The molecule has 1 unspecified atom stereocenters. The molecule has 19 heavy (non-hydrogen) atoms. The van der Waals surface area contributed by atoms with Gasteiger partial charge in [-0.1, -0.05) is 26.7 Å². The second-order valence-corrected chi connectivity index (χ2v) is 5.55. The van der Waals surface area contributed by atoms with E-state index in [0.29, 0.717) is 11.6 Å². The van der Waals surface area contributed by atoms with Gasteiger partial charge in [0.15, 0.2) is 5.69 Å². The molecule has 106 valence electrons. The zero-order valence-corrected chi connectivity index (χ0v) is 11.8. The van der Waals surface area contributed by atoms with Gasteiger partial charge in [0.1, 0.15) is 6.26 Å². The summed E-state index contributed by atoms with van der Waals surface area (Å²) in [5.41, 5.74) is 6.36. The molecule has 1 aromatic rings. The Kier molecular flexibility index (Phi) is 4.58. The normalized spacial score (nSPS) is 18.4. The van der Waals surface area contributed by atoms with Crippen LogP contribution in [-0.2, 0) is 0 Å². The third kappa shape index (κ3) is 3.35. The second-order valence-electron chi connectivity index (χ2n) is 5.55. The number of oxazole rings is 1. The van der Waals surface area contributed by atoms with Crippen LogP contribution in [-0.4, -0.2) is 28.9 Å². The van der Waals surface area contributed by atoms with E-state index in [0.717, 1.165) is 25.9 Å². The molecular weight excluding hydrogens is 242 g/mol. The molecule has 2 N–H and O–H groups in total. The molecule has 0 spiro atoms. The SMILES string of the molecule is CC(C)C(N)c1nc(C(=O)N2CCCCCC2)co1. The summed E-state index contributed by atoms with van der Waals surface area (Å²) in [7, 11) is 0. The lowest BCUT2D eigenvalue weighted by Crippen LogP contribution is -2.32. The van der Waals surface area contributed by atoms with Crippen molar-refractivity contribution < 1.29 is 9.21 Å². The van der Waals surface area contributed by atoms with Gasteiger partial charge in [0.2, 0.25) is 5.89 Å². The minimum absolute atomic E-state index is 0.0344. The van der Waals surface area contributed by atoms with E-state index in [1.54, 1.807) is 0 Å². The topological polar surface area (TPSA) is 72.4 Å². The Bertz CT molecular complexity index is 420. The minimum atomic E-state index is -0.259. The summed E-state index contributed by atoms with van der Waals surface area (Å²) in [6.45, 7) is 5.64. The number of aromatic nitrogens is 1. The Balaban J connectivity index is 2.06. The smallest absolute Gasteiger partial charge is 0.275 e. The van der Waals surface area contributed by atoms with Crippen LogP contribution in [0.1, 0.15) is 62.0 Å². The first kappa shape index (κ1) is 14.1. The van der Waals surface area contributed by atoms with Gasteiger partial charge < -0.3 is 15.1 Å². The molecule has 5 nitrogen and oxygen atoms in total. The Hall–Kier alpha value is -1.36. The molecule has 0 saturated carbocycles. The molecule has 0 bridgehead atoms. The fourth-order valence-corrected chi connectivity index (χ4v) is 2.26. The Labute approximate surface area is 114 Å². The van der Waals surface area contributed by atoms with Gasteiger partial charge in [-0.15, -0.1) is 0 Å². The van der Waals surface area contributed by atoms with Crippen LogP contribution >= 0.6 is 0 Å². The van der Waals surface area contributed by atoms with Crippen molar-refractivity contribution in [3.63, 3.8) is 0 Å². The van der Waals surface area contributed by atoms with Crippen LogP contribution in [0.15, 0.2) is 10.7 Å². The highest BCUT2D eigenvalue weighted by molar-refractivity contribution is 5.92. The molecule has 0 aromatic carbocycles. The van der Waals surface area contributed by atoms with Crippen molar-refractivity contribution in [1.29, 1.82) is 0 Å². The van der Waals surface area contributed by atoms with Gasteiger partial charge in [0.25, 0.3) is 5.91 Å². The number of amides is 1. The average Bonchev–Trinajstić information content (AvgIpc) is 2.72. The largest absolute Gasteiger partial charge is 0.446 e. The maximum Gasteiger partial charge on any atom is 0.275 e. The number of hydrogen-bond donors (Lipinski definition) is 1. The molecule has 2 rings (SSSR count). The van der Waals surface area contributed by atoms with Crippen molar-refractivity contribution in [2.75, 3.05) is 13.1 Å². The quantitative estimate of drug-likeness (QED) is 0.910. The van der Waals surface area contributed by atoms with Crippen LogP contribution in [0.2, 0.25) is 0 Å². The van der Waals surface area contributed by atoms with Crippen molar-refractivity contribution in [3.05, 3.63) is 17.8 Å². The minimum Gasteiger partial charge on any atom is -0.446 e. The molecule has 1 aliphatic heterocycles. The van der Waals surface area contributed by atoms with Crippen molar-refractivity contribution in [2.24, 2.45) is 11.7 Å². The zero-order valence-electron chi connectivity index (χ0n) is 11.8. The molecule has 1 amide bonds. The third-order valence-corrected chi connectivity index (χ3v) is 3.64. The van der Waals surface area contributed by atoms with Crippen molar-refractivity contribution >= 4 is 5.91 Å². The number of nitrogens with two attached hydrogens (primary N) is 1. The number of nitrogens with zero attached hydrogens (tertiary/aromatic N) is 2. The number of rotatable bonds is 3. The van der Waals surface area contributed by atoms with Crippen LogP contribution in [0.3, 0.4) is 0 Å². The lowest BCUT2D eigenvalue weighted by atomic mass is 10.1. The van der Waals surface area contributed by atoms with E-state index >= 15 is 0 Å². The van der Waals surface area contributed by atoms with Gasteiger partial charge in [-0.25, -0.2) is 4.98 Å². The van der Waals surface area contributed by atoms with E-state index in [2.05, 4.69) is 4.98 Å². The second kappa shape index (κ2) is 6.19. The molecule has 1 aliphatic rings. The Morgan fingerprint density at radius 2 is 1.95 bits per heavy atom. The fraction of sp³-hybridized carbons (Fsp3) is 0.714. The van der Waals surface area contributed by atoms with Crippen molar-refractivity contribution in [1.82, 2.24) is 9.88 Å². The standard InChI is InChI=1S/C14H23N3O2/c1-10(2)12(15)13-16-11(9-19-13)14(18)17-7-5-3-4-6-8-17/h9-10,12H,3-8,15H2,1-2H3. The molecular formula is C14H23N3O2. The summed E-state index contributed by atoms with van der Waals surface area (Å²) in [6.07, 6.45) is 5.98. The van der Waals surface area contributed by atoms with E-state index < -0.39 is 0 Å². The Morgan fingerprint density at radius 3 is 2.53 bits per heavy atom. The predicted molar refractivity (Wildman–Crippen MR) is 72.6 cm³/mol. The number of carbonyl (C=O) groups excluding carboxylic acids is 1. The molecule has 0 aliphatic carbocycles. The lowest BCUT2D eigenvalue weighted by Gasteiger charge is -2.18. The summed E-state index contributed by atoms with van der Waals surface area (Å²) in [5, 5.41) is 0. The van der Waals surface area contributed by atoms with Crippen LogP contribution in [0, 0.1) is 5.92 Å². The van der Waals surface area contributed by atoms with E-state index in [1.807, 2.05) is 18.7 Å². The number of carbonyl (C=O) groups is 1. The first-order chi connectivity index (χ1) is 9.09. The summed E-state index contributed by atoms with van der Waals surface area (Å²) < 4.78 is 5.35. The van der Waals surface area contributed by atoms with E-state index in [9.17, 15) is 4.79 Å². The predicted octanol–water partition coefficient (Wildman–Crippen LogP) is 2.35. The first-order valence-electron chi connectivity index (χ1n) is 7.10. The van der Waals surface area contributed by atoms with Gasteiger partial charge in [0.05, 0.1) is 6.04 Å². The van der Waals surface area contributed by atoms with Gasteiger partial charge >= 0.3 is 0 Å². The van der Waals surface area contributed by atoms with Crippen molar-refractivity contribution in [2.45, 2.75) is 45.6 Å². The van der Waals surface area contributed by atoms with Crippen LogP contribution in [0.25, 0.3) is 0 Å². The van der Waals surface area contributed by atoms with Crippen LogP contribution < -0.4 is 5.73 Å². The van der Waals surface area contributed by atoms with E-state index in [1.165, 1.54) is 19.1 Å². The van der Waals surface area contributed by atoms with Gasteiger partial charge in [-0.3, -0.25) is 4.79 Å². The number of likely N-dealkylation sites (tertiary alicyclic amines) is 1. The highest BCUT2D eigenvalue weighted by atomic mass is 16.3. The highest BCUT2D eigenvalue weighted by Crippen LogP contribution is 2.19. The molecule has 1 atom stereocenters. The molecule has 5 heteroatoms. The molecule has 2 heterocycles. The number of hydrogen-bond acceptors (Lipinski definition) is 4. The fourth-order valence-electron chi connectivity index (χ4n) is 2.26. The molecule has 1 aromatic heterocycles. The first-order valence-corrected chi connectivity index (χ1v) is 7.10. The summed E-state index contributed by atoms with van der Waals surface area (Å²) in [5.74, 6) is 0.654. The van der Waals surface area contributed by atoms with Crippen LogP contribution in [0.5, 0.6) is 0 Å². The maximum absolute atomic E-state index is 12.3. The van der Waals surface area contributed by atoms with Gasteiger partial charge in [-0.05, 0) is 18.8 Å². The average molecular weight is 265 g/mol. The van der Waals surface area contributed by atoms with E-state index in [-0.39, 0.29) is 17.9 Å². The molecule has 1 fully saturated rings. The van der Waals surface area contributed by atoms with Crippen LogP contribution in [0.4, 0.5) is 0 Å². The molecule has 1 saturated heterocycles. The van der Waals surface area contributed by atoms with Crippen molar-refractivity contribution in [3.8, 4) is 0 Å². The lowest BCUT2D eigenvalue weighted by molar-refractivity contribution is 0.0755. The zero-order chi connectivity index (χ0) is 13.8. The van der Waals surface area contributed by atoms with E-state index in [4.69, 9.17) is 10.2 Å². The van der Waals surface area contributed by atoms with Gasteiger partial charge in [0, 0.05) is 13.1 Å². The third-order valence-electron chi connectivity index (χ3n) is 3.64. The van der Waals surface area contributed by atoms with Gasteiger partial charge in [-0.2, -0.15) is 0 Å². The maximum atomic E-state index is 12.3. The Morgan fingerprint density at radius 1 is 1.32 bits per heavy atom. The summed E-state index contributed by atoms with van der Waals surface area (Å²) in [6, 6.07) is -0.259. The monoisotopic (exact) mass is 265 g/mol. The summed E-state index contributed by atoms with van der Waals surface area (Å²) in [4.78, 5) is 18.4. The highest BCUT2D eigenvalue weighted by Gasteiger charge is 2.23.